The van der Waals surface area contributed by atoms with Crippen LogP contribution in [0.5, 0.6) is 0 Å². The van der Waals surface area contributed by atoms with E-state index in [9.17, 15) is 9.59 Å². The van der Waals surface area contributed by atoms with Crippen molar-refractivity contribution >= 4 is 17.7 Å². The Bertz CT molecular complexity index is 551. The number of urea groups is 1. The number of carboxylic acids is 1. The van der Waals surface area contributed by atoms with Crippen molar-refractivity contribution in [3.05, 3.63) is 29.8 Å². The zero-order valence-corrected chi connectivity index (χ0v) is 12.2. The summed E-state index contributed by atoms with van der Waals surface area (Å²) in [6.45, 7) is 2.09. The van der Waals surface area contributed by atoms with Gasteiger partial charge < -0.3 is 15.3 Å². The lowest BCUT2D eigenvalue weighted by molar-refractivity contribution is -0.136. The second kappa shape index (κ2) is 7.90. The summed E-state index contributed by atoms with van der Waals surface area (Å²) >= 11 is 0. The minimum Gasteiger partial charge on any atom is -0.481 e. The molecule has 0 bridgehead atoms. The van der Waals surface area contributed by atoms with Gasteiger partial charge in [0, 0.05) is 25.7 Å². The number of carbonyl (C=O) groups is 2. The van der Waals surface area contributed by atoms with E-state index in [2.05, 4.69) is 11.4 Å². The van der Waals surface area contributed by atoms with E-state index in [1.807, 2.05) is 6.07 Å². The Kier molecular flexibility index (Phi) is 6.21. The van der Waals surface area contributed by atoms with Crippen molar-refractivity contribution in [1.29, 1.82) is 5.26 Å². The summed E-state index contributed by atoms with van der Waals surface area (Å²) in [5.41, 5.74) is 1.46. The van der Waals surface area contributed by atoms with E-state index in [-0.39, 0.29) is 18.4 Å². The molecule has 1 aromatic rings. The molecule has 21 heavy (non-hydrogen) atoms. The number of aryl methyl sites for hydroxylation is 1. The van der Waals surface area contributed by atoms with E-state index in [4.69, 9.17) is 10.4 Å². The van der Waals surface area contributed by atoms with Crippen LogP contribution in [0.3, 0.4) is 0 Å². The predicted molar refractivity (Wildman–Crippen MR) is 78.8 cm³/mol. The Balaban J connectivity index is 2.62. The third-order valence-corrected chi connectivity index (χ3v) is 2.92. The summed E-state index contributed by atoms with van der Waals surface area (Å²) in [6, 6.07) is 8.86. The monoisotopic (exact) mass is 289 g/mol. The number of carboxylic acid groups (broad SMARTS) is 1. The van der Waals surface area contributed by atoms with E-state index < -0.39 is 5.97 Å². The minimum atomic E-state index is -0.852. The molecular weight excluding hydrogens is 270 g/mol. The molecule has 0 saturated carbocycles. The van der Waals surface area contributed by atoms with Crippen LogP contribution >= 0.6 is 0 Å². The standard InChI is InChI=1S/C15H19N3O3/c1-11(9-16)10-18(2)15(21)17-13-5-3-4-12(8-13)6-7-14(19)20/h3-5,8,11H,6-7,10H2,1-2H3,(H,17,21)(H,19,20). The van der Waals surface area contributed by atoms with E-state index in [0.29, 0.717) is 18.7 Å². The van der Waals surface area contributed by atoms with Gasteiger partial charge in [0.15, 0.2) is 0 Å². The normalized spacial score (nSPS) is 11.3. The number of aliphatic carboxylic acids is 1. The first-order valence-corrected chi connectivity index (χ1v) is 6.65. The van der Waals surface area contributed by atoms with Gasteiger partial charge in [-0.25, -0.2) is 4.79 Å². The quantitative estimate of drug-likeness (QED) is 0.840. The van der Waals surface area contributed by atoms with Gasteiger partial charge in [-0.05, 0) is 31.0 Å². The number of carbonyl (C=O) groups excluding carboxylic acids is 1. The van der Waals surface area contributed by atoms with Crippen molar-refractivity contribution in [1.82, 2.24) is 4.90 Å². The van der Waals surface area contributed by atoms with Gasteiger partial charge in [-0.2, -0.15) is 5.26 Å². The smallest absolute Gasteiger partial charge is 0.321 e. The number of nitrogens with one attached hydrogen (secondary N) is 1. The van der Waals surface area contributed by atoms with Crippen molar-refractivity contribution in [2.75, 3.05) is 18.9 Å². The van der Waals surface area contributed by atoms with E-state index in [1.165, 1.54) is 4.90 Å². The average Bonchev–Trinajstić information content (AvgIpc) is 2.45. The van der Waals surface area contributed by atoms with Crippen LogP contribution in [-0.4, -0.2) is 35.6 Å². The van der Waals surface area contributed by atoms with Gasteiger partial charge in [-0.3, -0.25) is 4.79 Å². The Morgan fingerprint density at radius 3 is 2.81 bits per heavy atom. The van der Waals surface area contributed by atoms with Crippen molar-refractivity contribution < 1.29 is 14.7 Å². The van der Waals surface area contributed by atoms with Crippen LogP contribution in [-0.2, 0) is 11.2 Å². The van der Waals surface area contributed by atoms with Crippen LogP contribution < -0.4 is 5.32 Å². The maximum absolute atomic E-state index is 12.0. The predicted octanol–water partition coefficient (Wildman–Crippen LogP) is 2.33. The molecule has 1 aromatic carbocycles. The Morgan fingerprint density at radius 1 is 1.48 bits per heavy atom. The summed E-state index contributed by atoms with van der Waals surface area (Å²) in [4.78, 5) is 23.9. The molecule has 0 fully saturated rings. The SMILES string of the molecule is CC(C#N)CN(C)C(=O)Nc1cccc(CCC(=O)O)c1. The summed E-state index contributed by atoms with van der Waals surface area (Å²) in [5.74, 6) is -1.09. The second-order valence-electron chi connectivity index (χ2n) is 4.93. The van der Waals surface area contributed by atoms with Crippen LogP contribution in [0.4, 0.5) is 10.5 Å². The number of anilines is 1. The highest BCUT2D eigenvalue weighted by Crippen LogP contribution is 2.13. The number of hydrogen-bond donors (Lipinski definition) is 2. The molecule has 6 heteroatoms. The lowest BCUT2D eigenvalue weighted by Gasteiger charge is -2.19. The number of amides is 2. The summed E-state index contributed by atoms with van der Waals surface area (Å²) in [6.07, 6.45) is 0.470. The van der Waals surface area contributed by atoms with Gasteiger partial charge in [0.2, 0.25) is 0 Å². The molecule has 0 aliphatic rings. The molecule has 0 saturated heterocycles. The minimum absolute atomic E-state index is 0.0526. The third-order valence-electron chi connectivity index (χ3n) is 2.92. The number of rotatable bonds is 6. The maximum Gasteiger partial charge on any atom is 0.321 e. The van der Waals surface area contributed by atoms with Gasteiger partial charge in [-0.1, -0.05) is 12.1 Å². The van der Waals surface area contributed by atoms with Gasteiger partial charge in [0.05, 0.1) is 12.0 Å². The zero-order chi connectivity index (χ0) is 15.8. The molecular formula is C15H19N3O3. The third kappa shape index (κ3) is 5.95. The fourth-order valence-electron chi connectivity index (χ4n) is 1.81. The van der Waals surface area contributed by atoms with Crippen molar-refractivity contribution in [3.63, 3.8) is 0 Å². The number of benzene rings is 1. The molecule has 1 rings (SSSR count). The van der Waals surface area contributed by atoms with Crippen LogP contribution in [0.15, 0.2) is 24.3 Å². The fourth-order valence-corrected chi connectivity index (χ4v) is 1.81. The first-order chi connectivity index (χ1) is 9.92. The highest BCUT2D eigenvalue weighted by Gasteiger charge is 2.12. The van der Waals surface area contributed by atoms with Gasteiger partial charge >= 0.3 is 12.0 Å². The summed E-state index contributed by atoms with van der Waals surface area (Å²) in [5, 5.41) is 20.1. The Labute approximate surface area is 124 Å². The van der Waals surface area contributed by atoms with E-state index in [0.717, 1.165) is 5.56 Å². The van der Waals surface area contributed by atoms with Crippen molar-refractivity contribution in [2.45, 2.75) is 19.8 Å². The topological polar surface area (TPSA) is 93.4 Å². The second-order valence-corrected chi connectivity index (χ2v) is 4.93. The van der Waals surface area contributed by atoms with Crippen LogP contribution in [0.2, 0.25) is 0 Å². The Hall–Kier alpha value is -2.55. The van der Waals surface area contributed by atoms with Gasteiger partial charge in [-0.15, -0.1) is 0 Å². The first-order valence-electron chi connectivity index (χ1n) is 6.65. The first kappa shape index (κ1) is 16.5. The molecule has 0 aliphatic carbocycles. The van der Waals surface area contributed by atoms with E-state index >= 15 is 0 Å². The van der Waals surface area contributed by atoms with Crippen LogP contribution in [0.25, 0.3) is 0 Å². The molecule has 0 aromatic heterocycles. The Morgan fingerprint density at radius 2 is 2.19 bits per heavy atom. The highest BCUT2D eigenvalue weighted by atomic mass is 16.4. The lowest BCUT2D eigenvalue weighted by Crippen LogP contribution is -2.34. The zero-order valence-electron chi connectivity index (χ0n) is 12.2. The van der Waals surface area contributed by atoms with Gasteiger partial charge in [0.25, 0.3) is 0 Å². The molecule has 2 N–H and O–H groups in total. The number of nitrogens with zero attached hydrogens (tertiary/aromatic N) is 2. The molecule has 2 amide bonds. The molecule has 1 unspecified atom stereocenters. The summed E-state index contributed by atoms with van der Waals surface area (Å²) in [7, 11) is 1.62. The number of nitriles is 1. The molecule has 6 nitrogen and oxygen atoms in total. The van der Waals surface area contributed by atoms with E-state index in [1.54, 1.807) is 32.2 Å². The molecule has 0 radical (unpaired) electrons. The molecule has 112 valence electrons. The maximum atomic E-state index is 12.0. The lowest BCUT2D eigenvalue weighted by atomic mass is 10.1. The van der Waals surface area contributed by atoms with Gasteiger partial charge in [0.1, 0.15) is 0 Å². The molecule has 1 atom stereocenters. The van der Waals surface area contributed by atoms with Crippen LogP contribution in [0, 0.1) is 17.2 Å². The number of hydrogen-bond acceptors (Lipinski definition) is 3. The molecule has 0 spiro atoms. The average molecular weight is 289 g/mol. The van der Waals surface area contributed by atoms with Crippen molar-refractivity contribution in [3.8, 4) is 6.07 Å². The van der Waals surface area contributed by atoms with Crippen LogP contribution in [0.1, 0.15) is 18.9 Å². The van der Waals surface area contributed by atoms with Crippen molar-refractivity contribution in [2.24, 2.45) is 5.92 Å². The molecule has 0 heterocycles. The molecule has 0 aliphatic heterocycles. The highest BCUT2D eigenvalue weighted by molar-refractivity contribution is 5.89. The summed E-state index contributed by atoms with van der Waals surface area (Å²) < 4.78 is 0. The fraction of sp³-hybridized carbons (Fsp3) is 0.400. The largest absolute Gasteiger partial charge is 0.481 e.